The molecule has 0 radical (unpaired) electrons. The molecule has 3 aromatic carbocycles. The van der Waals surface area contributed by atoms with Gasteiger partial charge < -0.3 is 15.4 Å². The number of aromatic nitrogens is 3. The van der Waals surface area contributed by atoms with Gasteiger partial charge in [-0.25, -0.2) is 19.7 Å². The number of nitrogens with zero attached hydrogens (tertiary/aromatic N) is 3. The average molecular weight is 536 g/mol. The molecule has 0 aliphatic heterocycles. The SMILES string of the molecule is O=C(Nc1cc(C(F)(F)F)ccc1Cl)Nc1ccc(Oc2ncccc2-c2ccncn2)c2ccccc12. The zero-order chi connectivity index (χ0) is 26.7. The maximum atomic E-state index is 13.1. The lowest BCUT2D eigenvalue weighted by Gasteiger charge is -2.15. The molecule has 0 atom stereocenters. The Morgan fingerprint density at radius 2 is 1.63 bits per heavy atom. The molecule has 2 heterocycles. The van der Waals surface area contributed by atoms with Gasteiger partial charge in [-0.2, -0.15) is 13.2 Å². The minimum Gasteiger partial charge on any atom is -0.438 e. The van der Waals surface area contributed by atoms with Crippen LogP contribution in [0.15, 0.2) is 91.5 Å². The van der Waals surface area contributed by atoms with Gasteiger partial charge in [-0.05, 0) is 48.5 Å². The molecule has 0 aliphatic rings. The number of rotatable bonds is 5. The molecule has 0 aliphatic carbocycles. The summed E-state index contributed by atoms with van der Waals surface area (Å²) >= 11 is 6.00. The van der Waals surface area contributed by atoms with E-state index in [-0.39, 0.29) is 10.7 Å². The molecular formula is C27H17ClF3N5O2. The number of pyridine rings is 1. The van der Waals surface area contributed by atoms with Gasteiger partial charge in [0.25, 0.3) is 0 Å². The lowest BCUT2D eigenvalue weighted by atomic mass is 10.1. The summed E-state index contributed by atoms with van der Waals surface area (Å²) in [6.07, 6.45) is 0.0675. The maximum absolute atomic E-state index is 13.1. The van der Waals surface area contributed by atoms with Crippen molar-refractivity contribution in [1.29, 1.82) is 0 Å². The number of anilines is 2. The second-order valence-corrected chi connectivity index (χ2v) is 8.39. The lowest BCUT2D eigenvalue weighted by molar-refractivity contribution is -0.137. The molecule has 7 nitrogen and oxygen atoms in total. The monoisotopic (exact) mass is 535 g/mol. The normalized spacial score (nSPS) is 11.3. The van der Waals surface area contributed by atoms with Gasteiger partial charge in [-0.15, -0.1) is 0 Å². The zero-order valence-electron chi connectivity index (χ0n) is 19.3. The fourth-order valence-electron chi connectivity index (χ4n) is 3.76. The van der Waals surface area contributed by atoms with Crippen LogP contribution in [0.3, 0.4) is 0 Å². The first-order valence-electron chi connectivity index (χ1n) is 11.2. The van der Waals surface area contributed by atoms with E-state index in [1.165, 1.54) is 6.33 Å². The van der Waals surface area contributed by atoms with E-state index < -0.39 is 17.8 Å². The number of urea groups is 1. The molecule has 2 N–H and O–H groups in total. The zero-order valence-corrected chi connectivity index (χ0v) is 20.1. The van der Waals surface area contributed by atoms with Crippen LogP contribution in [0.2, 0.25) is 5.02 Å². The third kappa shape index (κ3) is 5.35. The van der Waals surface area contributed by atoms with Crippen LogP contribution < -0.4 is 15.4 Å². The minimum atomic E-state index is -4.58. The number of benzene rings is 3. The highest BCUT2D eigenvalue weighted by atomic mass is 35.5. The molecule has 0 fully saturated rings. The quantitative estimate of drug-likeness (QED) is 0.240. The summed E-state index contributed by atoms with van der Waals surface area (Å²) in [7, 11) is 0. The van der Waals surface area contributed by atoms with Crippen molar-refractivity contribution < 1.29 is 22.7 Å². The van der Waals surface area contributed by atoms with Crippen molar-refractivity contribution in [3.05, 3.63) is 102 Å². The lowest BCUT2D eigenvalue weighted by Crippen LogP contribution is -2.20. The van der Waals surface area contributed by atoms with Crippen LogP contribution in [0.1, 0.15) is 5.56 Å². The number of hydrogen-bond acceptors (Lipinski definition) is 5. The van der Waals surface area contributed by atoms with Crippen LogP contribution in [0, 0.1) is 0 Å². The summed E-state index contributed by atoms with van der Waals surface area (Å²) < 4.78 is 45.4. The molecule has 0 unspecified atom stereocenters. The Kier molecular flexibility index (Phi) is 6.80. The third-order valence-corrected chi connectivity index (χ3v) is 5.84. The van der Waals surface area contributed by atoms with Gasteiger partial charge in [0, 0.05) is 23.2 Å². The van der Waals surface area contributed by atoms with Crippen LogP contribution in [0.4, 0.5) is 29.3 Å². The van der Waals surface area contributed by atoms with E-state index in [2.05, 4.69) is 25.6 Å². The Labute approximate surface area is 219 Å². The van der Waals surface area contributed by atoms with E-state index in [4.69, 9.17) is 16.3 Å². The molecule has 5 rings (SSSR count). The van der Waals surface area contributed by atoms with Crippen molar-refractivity contribution in [2.45, 2.75) is 6.18 Å². The summed E-state index contributed by atoms with van der Waals surface area (Å²) in [5.74, 6) is 0.801. The number of carbonyl (C=O) groups is 1. The molecule has 0 bridgehead atoms. The van der Waals surface area contributed by atoms with Crippen LogP contribution in [0.5, 0.6) is 11.6 Å². The highest BCUT2D eigenvalue weighted by Gasteiger charge is 2.31. The molecule has 0 spiro atoms. The van der Waals surface area contributed by atoms with Crippen molar-refractivity contribution in [3.8, 4) is 22.9 Å². The van der Waals surface area contributed by atoms with Gasteiger partial charge >= 0.3 is 12.2 Å². The first kappa shape index (κ1) is 25.0. The Bertz CT molecular complexity index is 1630. The number of hydrogen-bond donors (Lipinski definition) is 2. The Morgan fingerprint density at radius 1 is 0.842 bits per heavy atom. The summed E-state index contributed by atoms with van der Waals surface area (Å²) in [6, 6.07) is 17.7. The van der Waals surface area contributed by atoms with Crippen molar-refractivity contribution in [2.24, 2.45) is 0 Å². The molecule has 2 aromatic heterocycles. The second kappa shape index (κ2) is 10.3. The van der Waals surface area contributed by atoms with Crippen molar-refractivity contribution >= 4 is 39.8 Å². The van der Waals surface area contributed by atoms with E-state index in [1.54, 1.807) is 48.8 Å². The van der Waals surface area contributed by atoms with Crippen LogP contribution >= 0.6 is 11.6 Å². The first-order chi connectivity index (χ1) is 18.3. The molecule has 38 heavy (non-hydrogen) atoms. The fourth-order valence-corrected chi connectivity index (χ4v) is 3.93. The van der Waals surface area contributed by atoms with E-state index in [0.717, 1.165) is 18.2 Å². The highest BCUT2D eigenvalue weighted by Crippen LogP contribution is 2.37. The predicted octanol–water partition coefficient (Wildman–Crippen LogP) is 7.80. The molecule has 0 saturated heterocycles. The average Bonchev–Trinajstić information content (AvgIpc) is 2.91. The van der Waals surface area contributed by atoms with Crippen LogP contribution in [-0.2, 0) is 6.18 Å². The first-order valence-corrected chi connectivity index (χ1v) is 11.5. The van der Waals surface area contributed by atoms with Gasteiger partial charge in [0.05, 0.1) is 33.2 Å². The number of carbonyl (C=O) groups excluding carboxylic acids is 1. The largest absolute Gasteiger partial charge is 0.438 e. The fraction of sp³-hybridized carbons (Fsp3) is 0.0370. The number of nitrogens with one attached hydrogen (secondary N) is 2. The molecule has 5 aromatic rings. The Hall–Kier alpha value is -4.70. The van der Waals surface area contributed by atoms with Gasteiger partial charge in [0.15, 0.2) is 0 Å². The Balaban J connectivity index is 1.42. The van der Waals surface area contributed by atoms with Crippen molar-refractivity contribution in [1.82, 2.24) is 15.0 Å². The van der Waals surface area contributed by atoms with Crippen molar-refractivity contribution in [2.75, 3.05) is 10.6 Å². The molecule has 2 amide bonds. The molecular weight excluding hydrogens is 519 g/mol. The summed E-state index contributed by atoms with van der Waals surface area (Å²) in [5.41, 5.74) is 0.607. The van der Waals surface area contributed by atoms with E-state index >= 15 is 0 Å². The number of amides is 2. The van der Waals surface area contributed by atoms with Gasteiger partial charge in [-0.1, -0.05) is 35.9 Å². The highest BCUT2D eigenvalue weighted by molar-refractivity contribution is 6.33. The second-order valence-electron chi connectivity index (χ2n) is 7.98. The van der Waals surface area contributed by atoms with Crippen LogP contribution in [-0.4, -0.2) is 21.0 Å². The molecule has 190 valence electrons. The smallest absolute Gasteiger partial charge is 0.416 e. The topological polar surface area (TPSA) is 89.0 Å². The molecule has 11 heteroatoms. The number of halogens is 4. The molecule has 0 saturated carbocycles. The number of alkyl halides is 3. The van der Waals surface area contributed by atoms with E-state index in [0.29, 0.717) is 39.3 Å². The van der Waals surface area contributed by atoms with Crippen LogP contribution in [0.25, 0.3) is 22.0 Å². The standard InChI is InChI=1S/C27H17ClF3N5O2/c28-20-8-7-16(27(29,30)31)14-23(20)36-26(37)35-22-9-10-24(18-5-2-1-4-17(18)22)38-25-19(6-3-12-33-25)21-11-13-32-15-34-21/h1-15H,(H2,35,36,37). The van der Waals surface area contributed by atoms with E-state index in [1.807, 2.05) is 18.2 Å². The predicted molar refractivity (Wildman–Crippen MR) is 138 cm³/mol. The van der Waals surface area contributed by atoms with Gasteiger partial charge in [0.2, 0.25) is 5.88 Å². The minimum absolute atomic E-state index is 0.0309. The summed E-state index contributed by atoms with van der Waals surface area (Å²) in [5, 5.41) is 6.32. The van der Waals surface area contributed by atoms with Gasteiger partial charge in [0.1, 0.15) is 12.1 Å². The van der Waals surface area contributed by atoms with Gasteiger partial charge in [-0.3, -0.25) is 0 Å². The summed E-state index contributed by atoms with van der Waals surface area (Å²) in [4.78, 5) is 25.3. The number of ether oxygens (including phenoxy) is 1. The Morgan fingerprint density at radius 3 is 2.39 bits per heavy atom. The maximum Gasteiger partial charge on any atom is 0.416 e. The number of fused-ring (bicyclic) bond motifs is 1. The summed E-state index contributed by atoms with van der Waals surface area (Å²) in [6.45, 7) is 0. The third-order valence-electron chi connectivity index (χ3n) is 5.51. The van der Waals surface area contributed by atoms with E-state index in [9.17, 15) is 18.0 Å². The van der Waals surface area contributed by atoms with Crippen molar-refractivity contribution in [3.63, 3.8) is 0 Å².